The van der Waals surface area contributed by atoms with Gasteiger partial charge < -0.3 is 9.84 Å². The summed E-state index contributed by atoms with van der Waals surface area (Å²) in [4.78, 5) is 14.9. The van der Waals surface area contributed by atoms with E-state index in [1.807, 2.05) is 0 Å². The standard InChI is InChI=1S/C14H13ClFN3O3S/c15-12-9(13(20)21)1-2-10(17-12)19-6-3-11(18-19)22-7-14(4-5-16)8-23-14/h1-3,6H,4-5,7-8H2,(H,20,21). The molecule has 122 valence electrons. The molecule has 0 aromatic carbocycles. The third kappa shape index (κ3) is 3.59. The van der Waals surface area contributed by atoms with E-state index in [4.69, 9.17) is 21.4 Å². The Hall–Kier alpha value is -1.80. The van der Waals surface area contributed by atoms with Crippen LogP contribution < -0.4 is 4.74 Å². The van der Waals surface area contributed by atoms with Crippen molar-refractivity contribution >= 4 is 29.3 Å². The zero-order valence-electron chi connectivity index (χ0n) is 11.9. The summed E-state index contributed by atoms with van der Waals surface area (Å²) in [6, 6.07) is 4.54. The number of rotatable bonds is 7. The largest absolute Gasteiger partial charge is 0.478 e. The molecule has 1 aliphatic rings. The number of ether oxygens (including phenoxy) is 1. The number of carboxylic acids is 1. The maximum atomic E-state index is 12.5. The molecule has 1 saturated heterocycles. The van der Waals surface area contributed by atoms with Gasteiger partial charge in [0.2, 0.25) is 5.88 Å². The molecule has 6 nitrogen and oxygen atoms in total. The number of hydrogen-bond donors (Lipinski definition) is 1. The lowest BCUT2D eigenvalue weighted by atomic mass is 10.1. The normalized spacial score (nSPS) is 19.6. The minimum absolute atomic E-state index is 0.0713. The van der Waals surface area contributed by atoms with Crippen molar-refractivity contribution in [3.63, 3.8) is 0 Å². The molecule has 3 rings (SSSR count). The highest BCUT2D eigenvalue weighted by molar-refractivity contribution is 8.07. The molecule has 0 radical (unpaired) electrons. The number of pyridine rings is 1. The molecule has 3 heterocycles. The minimum atomic E-state index is -1.14. The summed E-state index contributed by atoms with van der Waals surface area (Å²) in [5.74, 6) is 0.537. The highest BCUT2D eigenvalue weighted by Crippen LogP contribution is 2.47. The Bertz CT molecular complexity index is 736. The first kappa shape index (κ1) is 16.1. The number of nitrogens with zero attached hydrogens (tertiary/aromatic N) is 3. The van der Waals surface area contributed by atoms with Crippen LogP contribution in [0.1, 0.15) is 16.8 Å². The van der Waals surface area contributed by atoms with Gasteiger partial charge in [-0.05, 0) is 18.6 Å². The number of hydrogen-bond acceptors (Lipinski definition) is 5. The predicted octanol–water partition coefficient (Wildman–Crippen LogP) is 2.84. The van der Waals surface area contributed by atoms with Gasteiger partial charge in [-0.25, -0.2) is 14.5 Å². The van der Waals surface area contributed by atoms with Crippen molar-refractivity contribution in [2.75, 3.05) is 19.0 Å². The highest BCUT2D eigenvalue weighted by atomic mass is 35.5. The van der Waals surface area contributed by atoms with Crippen LogP contribution in [-0.2, 0) is 0 Å². The fourth-order valence-electron chi connectivity index (χ4n) is 2.00. The molecule has 1 N–H and O–H groups in total. The average molecular weight is 358 g/mol. The van der Waals surface area contributed by atoms with E-state index in [1.165, 1.54) is 16.8 Å². The van der Waals surface area contributed by atoms with E-state index in [0.29, 0.717) is 24.7 Å². The monoisotopic (exact) mass is 357 g/mol. The highest BCUT2D eigenvalue weighted by Gasteiger charge is 2.44. The van der Waals surface area contributed by atoms with Crippen molar-refractivity contribution in [2.24, 2.45) is 0 Å². The molecule has 0 aliphatic carbocycles. The molecule has 0 amide bonds. The van der Waals surface area contributed by atoms with Gasteiger partial charge >= 0.3 is 5.97 Å². The van der Waals surface area contributed by atoms with Gasteiger partial charge in [-0.2, -0.15) is 0 Å². The predicted molar refractivity (Wildman–Crippen MR) is 84.6 cm³/mol. The van der Waals surface area contributed by atoms with Gasteiger partial charge in [0, 0.05) is 18.0 Å². The van der Waals surface area contributed by atoms with Gasteiger partial charge in [0.1, 0.15) is 11.8 Å². The van der Waals surface area contributed by atoms with Gasteiger partial charge in [-0.3, -0.25) is 4.39 Å². The van der Waals surface area contributed by atoms with Crippen LogP contribution in [-0.4, -0.2) is 49.6 Å². The summed E-state index contributed by atoms with van der Waals surface area (Å²) in [7, 11) is 0. The number of carbonyl (C=O) groups is 1. The molecule has 0 spiro atoms. The first-order valence-corrected chi connectivity index (χ1v) is 8.18. The SMILES string of the molecule is O=C(O)c1ccc(-n2ccc(OCC3(CCF)CS3)n2)nc1Cl. The van der Waals surface area contributed by atoms with Crippen LogP contribution in [0, 0.1) is 0 Å². The number of thioether (sulfide) groups is 1. The fraction of sp³-hybridized carbons (Fsp3) is 0.357. The maximum absolute atomic E-state index is 12.5. The molecule has 1 fully saturated rings. The maximum Gasteiger partial charge on any atom is 0.338 e. The smallest absolute Gasteiger partial charge is 0.338 e. The lowest BCUT2D eigenvalue weighted by Gasteiger charge is -2.10. The van der Waals surface area contributed by atoms with Crippen molar-refractivity contribution in [3.8, 4) is 11.7 Å². The van der Waals surface area contributed by atoms with E-state index in [9.17, 15) is 9.18 Å². The van der Waals surface area contributed by atoms with Crippen molar-refractivity contribution in [2.45, 2.75) is 11.2 Å². The van der Waals surface area contributed by atoms with Gasteiger partial charge in [0.05, 0.1) is 17.0 Å². The number of alkyl halides is 1. The van der Waals surface area contributed by atoms with E-state index in [0.717, 1.165) is 5.75 Å². The second-order valence-corrected chi connectivity index (χ2v) is 6.91. The van der Waals surface area contributed by atoms with E-state index >= 15 is 0 Å². The Kier molecular flexibility index (Phi) is 4.45. The van der Waals surface area contributed by atoms with Crippen LogP contribution in [0.2, 0.25) is 5.15 Å². The van der Waals surface area contributed by atoms with Crippen LogP contribution in [0.3, 0.4) is 0 Å². The molecule has 23 heavy (non-hydrogen) atoms. The molecule has 0 saturated carbocycles. The lowest BCUT2D eigenvalue weighted by Crippen LogP contribution is -2.21. The van der Waals surface area contributed by atoms with E-state index in [1.54, 1.807) is 24.0 Å². The van der Waals surface area contributed by atoms with E-state index in [2.05, 4.69) is 10.1 Å². The Morgan fingerprint density at radius 3 is 2.91 bits per heavy atom. The molecular formula is C14H13ClFN3O3S. The molecule has 1 unspecified atom stereocenters. The van der Waals surface area contributed by atoms with Crippen LogP contribution >= 0.6 is 23.4 Å². The second kappa shape index (κ2) is 6.37. The van der Waals surface area contributed by atoms with Crippen molar-refractivity contribution in [1.82, 2.24) is 14.8 Å². The van der Waals surface area contributed by atoms with Gasteiger partial charge in [-0.1, -0.05) is 11.6 Å². The first-order chi connectivity index (χ1) is 11.0. The molecule has 1 aliphatic heterocycles. The zero-order valence-corrected chi connectivity index (χ0v) is 13.5. The molecule has 0 bridgehead atoms. The quantitative estimate of drug-likeness (QED) is 0.606. The molecule has 1 atom stereocenters. The van der Waals surface area contributed by atoms with Gasteiger partial charge in [-0.15, -0.1) is 16.9 Å². The Morgan fingerprint density at radius 2 is 2.30 bits per heavy atom. The number of carboxylic acid groups (broad SMARTS) is 1. The topological polar surface area (TPSA) is 77.2 Å². The van der Waals surface area contributed by atoms with Gasteiger partial charge in [0.15, 0.2) is 5.82 Å². The number of halogens is 2. The fourth-order valence-corrected chi connectivity index (χ4v) is 3.03. The summed E-state index contributed by atoms with van der Waals surface area (Å²) in [6.07, 6.45) is 2.11. The number of aromatic carboxylic acids is 1. The van der Waals surface area contributed by atoms with Crippen molar-refractivity contribution in [1.29, 1.82) is 0 Å². The van der Waals surface area contributed by atoms with Crippen LogP contribution in [0.15, 0.2) is 24.4 Å². The van der Waals surface area contributed by atoms with Crippen molar-refractivity contribution in [3.05, 3.63) is 35.1 Å². The second-order valence-electron chi connectivity index (χ2n) is 5.11. The van der Waals surface area contributed by atoms with Gasteiger partial charge in [0.25, 0.3) is 0 Å². The Morgan fingerprint density at radius 1 is 1.52 bits per heavy atom. The number of aromatic nitrogens is 3. The van der Waals surface area contributed by atoms with E-state index < -0.39 is 5.97 Å². The lowest BCUT2D eigenvalue weighted by molar-refractivity contribution is 0.0696. The minimum Gasteiger partial charge on any atom is -0.478 e. The average Bonchev–Trinajstić information content (AvgIpc) is 3.11. The molecular weight excluding hydrogens is 345 g/mol. The first-order valence-electron chi connectivity index (χ1n) is 6.82. The molecule has 9 heteroatoms. The molecule has 2 aromatic heterocycles. The van der Waals surface area contributed by atoms with E-state index in [-0.39, 0.29) is 22.1 Å². The van der Waals surface area contributed by atoms with Crippen molar-refractivity contribution < 1.29 is 19.0 Å². The molecule has 2 aromatic rings. The summed E-state index contributed by atoms with van der Waals surface area (Å²) in [5, 5.41) is 13.0. The zero-order chi connectivity index (χ0) is 16.4. The summed E-state index contributed by atoms with van der Waals surface area (Å²) in [6.45, 7) is 0.0495. The Balaban J connectivity index is 1.69. The summed E-state index contributed by atoms with van der Waals surface area (Å²) >= 11 is 7.53. The summed E-state index contributed by atoms with van der Waals surface area (Å²) < 4.78 is 19.4. The third-order valence-corrected chi connectivity index (χ3v) is 5.16. The van der Waals surface area contributed by atoms with Crippen LogP contribution in [0.25, 0.3) is 5.82 Å². The Labute approximate surface area is 140 Å². The third-order valence-electron chi connectivity index (χ3n) is 3.45. The van der Waals surface area contributed by atoms with Crippen LogP contribution in [0.5, 0.6) is 5.88 Å². The summed E-state index contributed by atoms with van der Waals surface area (Å²) in [5.41, 5.74) is -0.0713. The van der Waals surface area contributed by atoms with Crippen LogP contribution in [0.4, 0.5) is 4.39 Å².